The van der Waals surface area contributed by atoms with Gasteiger partial charge in [0.05, 0.1) is 0 Å². The van der Waals surface area contributed by atoms with Crippen LogP contribution in [-0.4, -0.2) is 16.5 Å². The summed E-state index contributed by atoms with van der Waals surface area (Å²) in [6.07, 6.45) is 2.80. The highest BCUT2D eigenvalue weighted by Crippen LogP contribution is 2.32. The molecule has 0 saturated carbocycles. The molecule has 0 radical (unpaired) electrons. The van der Waals surface area contributed by atoms with Crippen molar-refractivity contribution in [3.8, 4) is 11.5 Å². The van der Waals surface area contributed by atoms with Gasteiger partial charge in [-0.05, 0) is 60.5 Å². The Hall–Kier alpha value is -3.86. The van der Waals surface area contributed by atoms with E-state index in [1.165, 1.54) is 11.3 Å². The predicted molar refractivity (Wildman–Crippen MR) is 115 cm³/mol. The molecule has 5 nitrogen and oxygen atoms in total. The van der Waals surface area contributed by atoms with Crippen LogP contribution >= 0.6 is 0 Å². The second-order valence-corrected chi connectivity index (χ2v) is 6.84. The number of ether oxygens (including phenoxy) is 1. The van der Waals surface area contributed by atoms with Gasteiger partial charge >= 0.3 is 0 Å². The van der Waals surface area contributed by atoms with Crippen molar-refractivity contribution in [2.75, 3.05) is 16.8 Å². The van der Waals surface area contributed by atoms with Crippen LogP contribution < -0.4 is 15.0 Å². The van der Waals surface area contributed by atoms with Gasteiger partial charge in [0.2, 0.25) is 5.95 Å². The van der Waals surface area contributed by atoms with Gasteiger partial charge in [0, 0.05) is 24.1 Å². The first kappa shape index (κ1) is 17.3. The highest BCUT2D eigenvalue weighted by atomic mass is 16.5. The minimum atomic E-state index is 0.712. The molecule has 3 aromatic carbocycles. The Morgan fingerprint density at radius 3 is 2.41 bits per heavy atom. The molecule has 0 aliphatic carbocycles. The van der Waals surface area contributed by atoms with Crippen LogP contribution in [0.5, 0.6) is 11.5 Å². The van der Waals surface area contributed by atoms with Gasteiger partial charge in [-0.15, -0.1) is 0 Å². The Kier molecular flexibility index (Phi) is 4.54. The number of aromatic nitrogens is 2. The number of anilines is 4. The number of nitrogens with one attached hydrogen (secondary N) is 1. The van der Waals surface area contributed by atoms with E-state index in [1.807, 2.05) is 60.7 Å². The summed E-state index contributed by atoms with van der Waals surface area (Å²) in [5, 5.41) is 3.35. The van der Waals surface area contributed by atoms with Crippen LogP contribution in [0, 0.1) is 0 Å². The van der Waals surface area contributed by atoms with Crippen molar-refractivity contribution in [1.82, 2.24) is 9.97 Å². The second-order valence-electron chi connectivity index (χ2n) is 6.84. The molecule has 0 amide bonds. The number of rotatable bonds is 5. The molecule has 2 heterocycles. The molecule has 0 bridgehead atoms. The van der Waals surface area contributed by atoms with E-state index in [1.54, 1.807) is 6.20 Å². The molecule has 0 unspecified atom stereocenters. The van der Waals surface area contributed by atoms with Gasteiger partial charge in [0.15, 0.2) is 0 Å². The molecule has 142 valence electrons. The van der Waals surface area contributed by atoms with Crippen LogP contribution in [0.15, 0.2) is 91.1 Å². The lowest BCUT2D eigenvalue weighted by molar-refractivity contribution is 0.483. The van der Waals surface area contributed by atoms with Crippen molar-refractivity contribution < 1.29 is 4.74 Å². The molecule has 1 aliphatic heterocycles. The van der Waals surface area contributed by atoms with Crippen LogP contribution in [0.25, 0.3) is 0 Å². The lowest BCUT2D eigenvalue weighted by Crippen LogP contribution is -2.16. The first-order valence-electron chi connectivity index (χ1n) is 9.64. The molecule has 0 fully saturated rings. The van der Waals surface area contributed by atoms with Crippen molar-refractivity contribution in [3.05, 3.63) is 96.7 Å². The molecule has 0 spiro atoms. The standard InChI is InChI=1S/C24H20N4O/c1-2-7-20(8-3-1)29-21-12-10-19(11-13-21)26-23-14-16-25-24(27-23)28-17-15-18-6-4-5-9-22(18)28/h1-14,16H,15,17H2,(H,25,26,27). The second kappa shape index (κ2) is 7.64. The molecule has 1 aromatic heterocycles. The molecule has 4 aromatic rings. The van der Waals surface area contributed by atoms with Crippen LogP contribution in [-0.2, 0) is 6.42 Å². The van der Waals surface area contributed by atoms with E-state index >= 15 is 0 Å². The van der Waals surface area contributed by atoms with E-state index in [4.69, 9.17) is 9.72 Å². The average Bonchev–Trinajstić information content (AvgIpc) is 3.20. The summed E-state index contributed by atoms with van der Waals surface area (Å²) in [5.41, 5.74) is 3.47. The number of hydrogen-bond acceptors (Lipinski definition) is 5. The van der Waals surface area contributed by atoms with Gasteiger partial charge in [0.1, 0.15) is 17.3 Å². The molecule has 1 aliphatic rings. The Bertz CT molecular complexity index is 1110. The lowest BCUT2D eigenvalue weighted by Gasteiger charge is -2.17. The summed E-state index contributed by atoms with van der Waals surface area (Å²) in [6, 6.07) is 27.9. The fourth-order valence-electron chi connectivity index (χ4n) is 3.47. The predicted octanol–water partition coefficient (Wildman–Crippen LogP) is 5.71. The molecule has 1 N–H and O–H groups in total. The first-order chi connectivity index (χ1) is 14.3. The van der Waals surface area contributed by atoms with E-state index in [0.717, 1.165) is 36.0 Å². The van der Waals surface area contributed by atoms with Gasteiger partial charge in [0.25, 0.3) is 0 Å². The molecule has 5 heteroatoms. The summed E-state index contributed by atoms with van der Waals surface area (Å²) in [4.78, 5) is 11.4. The molecule has 29 heavy (non-hydrogen) atoms. The maximum Gasteiger partial charge on any atom is 0.231 e. The Labute approximate surface area is 169 Å². The Morgan fingerprint density at radius 1 is 0.793 bits per heavy atom. The van der Waals surface area contributed by atoms with Crippen molar-refractivity contribution in [2.45, 2.75) is 6.42 Å². The van der Waals surface area contributed by atoms with E-state index in [9.17, 15) is 0 Å². The minimum Gasteiger partial charge on any atom is -0.457 e. The third kappa shape index (κ3) is 3.75. The van der Waals surface area contributed by atoms with E-state index in [2.05, 4.69) is 39.5 Å². The fourth-order valence-corrected chi connectivity index (χ4v) is 3.47. The largest absolute Gasteiger partial charge is 0.457 e. The van der Waals surface area contributed by atoms with Crippen molar-refractivity contribution >= 4 is 23.1 Å². The minimum absolute atomic E-state index is 0.712. The van der Waals surface area contributed by atoms with E-state index in [0.29, 0.717) is 5.95 Å². The summed E-state index contributed by atoms with van der Waals surface area (Å²) in [5.74, 6) is 3.08. The Balaban J connectivity index is 1.31. The highest BCUT2D eigenvalue weighted by Gasteiger charge is 2.21. The molecular formula is C24H20N4O. The van der Waals surface area contributed by atoms with Gasteiger partial charge in [-0.3, -0.25) is 0 Å². The van der Waals surface area contributed by atoms with Gasteiger partial charge in [-0.2, -0.15) is 4.98 Å². The highest BCUT2D eigenvalue weighted by molar-refractivity contribution is 5.67. The third-order valence-electron chi connectivity index (χ3n) is 4.88. The number of nitrogens with zero attached hydrogens (tertiary/aromatic N) is 3. The van der Waals surface area contributed by atoms with Gasteiger partial charge in [-0.1, -0.05) is 36.4 Å². The maximum atomic E-state index is 5.84. The summed E-state index contributed by atoms with van der Waals surface area (Å²) in [6.45, 7) is 0.897. The van der Waals surface area contributed by atoms with Gasteiger partial charge < -0.3 is 15.0 Å². The fraction of sp³-hybridized carbons (Fsp3) is 0.0833. The SMILES string of the molecule is c1ccc(Oc2ccc(Nc3ccnc(N4CCc5ccccc54)n3)cc2)cc1. The van der Waals surface area contributed by atoms with E-state index < -0.39 is 0 Å². The normalized spacial score (nSPS) is 12.5. The number of benzene rings is 3. The summed E-state index contributed by atoms with van der Waals surface area (Å²) < 4.78 is 5.84. The summed E-state index contributed by atoms with van der Waals surface area (Å²) in [7, 11) is 0. The summed E-state index contributed by atoms with van der Waals surface area (Å²) >= 11 is 0. The zero-order valence-electron chi connectivity index (χ0n) is 15.8. The number of fused-ring (bicyclic) bond motifs is 1. The monoisotopic (exact) mass is 380 g/mol. The van der Waals surface area contributed by atoms with Crippen LogP contribution in [0.4, 0.5) is 23.1 Å². The van der Waals surface area contributed by atoms with Crippen molar-refractivity contribution in [1.29, 1.82) is 0 Å². The molecule has 5 rings (SSSR count). The number of para-hydroxylation sites is 2. The molecule has 0 atom stereocenters. The average molecular weight is 380 g/mol. The maximum absolute atomic E-state index is 5.84. The van der Waals surface area contributed by atoms with Gasteiger partial charge in [-0.25, -0.2) is 4.98 Å². The van der Waals surface area contributed by atoms with Crippen molar-refractivity contribution in [2.24, 2.45) is 0 Å². The number of hydrogen-bond donors (Lipinski definition) is 1. The van der Waals surface area contributed by atoms with E-state index in [-0.39, 0.29) is 0 Å². The molecule has 0 saturated heterocycles. The first-order valence-corrected chi connectivity index (χ1v) is 9.64. The quantitative estimate of drug-likeness (QED) is 0.481. The van der Waals surface area contributed by atoms with Crippen LogP contribution in [0.1, 0.15) is 5.56 Å². The topological polar surface area (TPSA) is 50.3 Å². The Morgan fingerprint density at radius 2 is 1.55 bits per heavy atom. The van der Waals surface area contributed by atoms with Crippen LogP contribution in [0.2, 0.25) is 0 Å². The van der Waals surface area contributed by atoms with Crippen molar-refractivity contribution in [3.63, 3.8) is 0 Å². The smallest absolute Gasteiger partial charge is 0.231 e. The molecular weight excluding hydrogens is 360 g/mol. The zero-order chi connectivity index (χ0) is 19.5. The third-order valence-corrected chi connectivity index (χ3v) is 4.88. The van der Waals surface area contributed by atoms with Crippen LogP contribution in [0.3, 0.4) is 0 Å². The zero-order valence-corrected chi connectivity index (χ0v) is 15.8. The lowest BCUT2D eigenvalue weighted by atomic mass is 10.2.